The van der Waals surface area contributed by atoms with Crippen molar-refractivity contribution in [3.63, 3.8) is 0 Å². The van der Waals surface area contributed by atoms with Gasteiger partial charge in [0.05, 0.1) is 17.1 Å². The Labute approximate surface area is 145 Å². The molecule has 120 valence electrons. The first-order chi connectivity index (χ1) is 12.4. The van der Waals surface area contributed by atoms with E-state index in [4.69, 9.17) is 0 Å². The summed E-state index contributed by atoms with van der Waals surface area (Å²) in [6.07, 6.45) is 3.84. The zero-order chi connectivity index (χ0) is 16.9. The third-order valence-electron chi connectivity index (χ3n) is 3.86. The third kappa shape index (κ3) is 3.53. The molecule has 0 spiro atoms. The summed E-state index contributed by atoms with van der Waals surface area (Å²) in [6.45, 7) is 0. The minimum Gasteiger partial charge on any atom is -0.361 e. The minimum atomic E-state index is 0.801. The first-order valence-electron chi connectivity index (χ1n) is 8.05. The molecule has 0 atom stereocenters. The molecule has 4 heteroatoms. The van der Waals surface area contributed by atoms with Crippen LogP contribution >= 0.6 is 0 Å². The average molecular weight is 324 g/mol. The van der Waals surface area contributed by atoms with E-state index in [2.05, 4.69) is 32.3 Å². The van der Waals surface area contributed by atoms with Crippen LogP contribution in [0.15, 0.2) is 100 Å². The highest BCUT2D eigenvalue weighted by Crippen LogP contribution is 2.22. The van der Waals surface area contributed by atoms with E-state index in [9.17, 15) is 0 Å². The molecule has 25 heavy (non-hydrogen) atoms. The molecule has 0 aliphatic rings. The van der Waals surface area contributed by atoms with Crippen molar-refractivity contribution in [1.29, 1.82) is 0 Å². The van der Waals surface area contributed by atoms with Gasteiger partial charge in [0.25, 0.3) is 0 Å². The van der Waals surface area contributed by atoms with Crippen LogP contribution in [0, 0.1) is 0 Å². The number of aliphatic imine (C=N–C) groups is 1. The van der Waals surface area contributed by atoms with E-state index in [0.717, 1.165) is 28.1 Å². The Morgan fingerprint density at radius 1 is 0.640 bits per heavy atom. The number of benzene rings is 3. The van der Waals surface area contributed by atoms with Crippen molar-refractivity contribution in [3.8, 4) is 0 Å². The van der Waals surface area contributed by atoms with Crippen molar-refractivity contribution in [2.75, 3.05) is 0 Å². The van der Waals surface area contributed by atoms with E-state index < -0.39 is 0 Å². The molecule has 1 N–H and O–H groups in total. The van der Waals surface area contributed by atoms with Gasteiger partial charge in [-0.1, -0.05) is 36.4 Å². The Balaban J connectivity index is 1.49. The summed E-state index contributed by atoms with van der Waals surface area (Å²) in [7, 11) is 0. The van der Waals surface area contributed by atoms with E-state index in [0.29, 0.717) is 0 Å². The number of azo groups is 1. The topological polar surface area (TPSA) is 52.9 Å². The number of aromatic amines is 1. The normalized spacial score (nSPS) is 11.7. The molecule has 0 radical (unpaired) electrons. The Morgan fingerprint density at radius 2 is 1.28 bits per heavy atom. The lowest BCUT2D eigenvalue weighted by molar-refractivity contribution is 1.23. The van der Waals surface area contributed by atoms with Crippen molar-refractivity contribution in [2.24, 2.45) is 15.2 Å². The number of H-pyrrole nitrogens is 1. The fourth-order valence-electron chi connectivity index (χ4n) is 2.56. The molecule has 1 heterocycles. The van der Waals surface area contributed by atoms with Crippen LogP contribution < -0.4 is 0 Å². The smallest absolute Gasteiger partial charge is 0.0858 e. The lowest BCUT2D eigenvalue weighted by Crippen LogP contribution is -1.76. The van der Waals surface area contributed by atoms with Crippen LogP contribution in [0.4, 0.5) is 17.1 Å². The summed E-state index contributed by atoms with van der Waals surface area (Å²) in [5.41, 5.74) is 4.70. The molecule has 1 aromatic heterocycles. The monoisotopic (exact) mass is 324 g/mol. The highest BCUT2D eigenvalue weighted by molar-refractivity contribution is 5.99. The average Bonchev–Trinajstić information content (AvgIpc) is 3.10. The quantitative estimate of drug-likeness (QED) is 0.337. The van der Waals surface area contributed by atoms with Gasteiger partial charge in [0.1, 0.15) is 0 Å². The molecule has 0 saturated carbocycles. The van der Waals surface area contributed by atoms with Crippen LogP contribution in [0.3, 0.4) is 0 Å². The fraction of sp³-hybridized carbons (Fsp3) is 0. The molecule has 0 bridgehead atoms. The number of nitrogens with zero attached hydrogens (tertiary/aromatic N) is 3. The number of rotatable bonds is 4. The van der Waals surface area contributed by atoms with Gasteiger partial charge in [-0.2, -0.15) is 10.2 Å². The molecule has 0 fully saturated rings. The number of hydrogen-bond donors (Lipinski definition) is 1. The van der Waals surface area contributed by atoms with Crippen molar-refractivity contribution in [1.82, 2.24) is 4.98 Å². The lowest BCUT2D eigenvalue weighted by atomic mass is 10.2. The maximum absolute atomic E-state index is 4.54. The largest absolute Gasteiger partial charge is 0.361 e. The second-order valence-electron chi connectivity index (χ2n) is 5.60. The van der Waals surface area contributed by atoms with Gasteiger partial charge < -0.3 is 4.98 Å². The Bertz CT molecular complexity index is 1030. The molecule has 4 aromatic rings. The standard InChI is InChI=1S/C21H16N4/c1-2-6-18(7-3-1)24-25-19-12-10-17(11-13-19)22-14-16-15-23-21-9-5-4-8-20(16)21/h1-15,23H. The van der Waals surface area contributed by atoms with Gasteiger partial charge in [0.15, 0.2) is 0 Å². The van der Waals surface area contributed by atoms with Crippen LogP contribution in [-0.2, 0) is 0 Å². The molecular formula is C21H16N4. The Morgan fingerprint density at radius 3 is 2.08 bits per heavy atom. The van der Waals surface area contributed by atoms with Crippen LogP contribution in [0.1, 0.15) is 5.56 Å². The predicted octanol–water partition coefficient (Wildman–Crippen LogP) is 6.33. The fourth-order valence-corrected chi connectivity index (χ4v) is 2.56. The number of fused-ring (bicyclic) bond motifs is 1. The van der Waals surface area contributed by atoms with Gasteiger partial charge in [-0.25, -0.2) is 0 Å². The van der Waals surface area contributed by atoms with E-state index in [1.54, 1.807) is 0 Å². The number of para-hydroxylation sites is 1. The zero-order valence-corrected chi connectivity index (χ0v) is 13.5. The first kappa shape index (κ1) is 15.0. The molecule has 0 amide bonds. The van der Waals surface area contributed by atoms with Crippen molar-refractivity contribution in [3.05, 3.63) is 90.6 Å². The first-order valence-corrected chi connectivity index (χ1v) is 8.05. The van der Waals surface area contributed by atoms with Crippen LogP contribution in [-0.4, -0.2) is 11.2 Å². The highest BCUT2D eigenvalue weighted by atomic mass is 15.1. The lowest BCUT2D eigenvalue weighted by Gasteiger charge is -1.96. The predicted molar refractivity (Wildman–Crippen MR) is 103 cm³/mol. The number of aromatic nitrogens is 1. The van der Waals surface area contributed by atoms with Gasteiger partial charge in [-0.05, 0) is 42.5 Å². The second-order valence-corrected chi connectivity index (χ2v) is 5.60. The molecule has 0 saturated heterocycles. The Kier molecular flexibility index (Phi) is 4.16. The molecule has 0 unspecified atom stereocenters. The molecule has 0 aliphatic heterocycles. The summed E-state index contributed by atoms with van der Waals surface area (Å²) >= 11 is 0. The van der Waals surface area contributed by atoms with Gasteiger partial charge in [-0.3, -0.25) is 4.99 Å². The van der Waals surface area contributed by atoms with Crippen molar-refractivity contribution in [2.45, 2.75) is 0 Å². The summed E-state index contributed by atoms with van der Waals surface area (Å²) in [5.74, 6) is 0. The van der Waals surface area contributed by atoms with Crippen molar-refractivity contribution < 1.29 is 0 Å². The van der Waals surface area contributed by atoms with E-state index in [1.165, 1.54) is 5.39 Å². The van der Waals surface area contributed by atoms with Gasteiger partial charge in [0.2, 0.25) is 0 Å². The second kappa shape index (κ2) is 6.93. The summed E-state index contributed by atoms with van der Waals surface area (Å²) in [6, 6.07) is 25.6. The molecule has 4 rings (SSSR count). The van der Waals surface area contributed by atoms with Gasteiger partial charge in [0, 0.05) is 28.9 Å². The van der Waals surface area contributed by atoms with E-state index in [-0.39, 0.29) is 0 Å². The highest BCUT2D eigenvalue weighted by Gasteiger charge is 1.99. The van der Waals surface area contributed by atoms with Crippen LogP contribution in [0.25, 0.3) is 10.9 Å². The SMILES string of the molecule is C(=Nc1ccc(N=Nc2ccccc2)cc1)c1c[nH]c2ccccc12. The minimum absolute atomic E-state index is 0.801. The molecule has 4 nitrogen and oxygen atoms in total. The van der Waals surface area contributed by atoms with Gasteiger partial charge in [-0.15, -0.1) is 0 Å². The van der Waals surface area contributed by atoms with E-state index in [1.807, 2.05) is 79.1 Å². The van der Waals surface area contributed by atoms with Crippen LogP contribution in [0.2, 0.25) is 0 Å². The summed E-state index contributed by atoms with van der Waals surface area (Å²) < 4.78 is 0. The molecular weight excluding hydrogens is 308 g/mol. The zero-order valence-electron chi connectivity index (χ0n) is 13.5. The van der Waals surface area contributed by atoms with Crippen LogP contribution in [0.5, 0.6) is 0 Å². The van der Waals surface area contributed by atoms with Gasteiger partial charge >= 0.3 is 0 Å². The number of nitrogens with one attached hydrogen (secondary N) is 1. The van der Waals surface area contributed by atoms with E-state index >= 15 is 0 Å². The number of hydrogen-bond acceptors (Lipinski definition) is 3. The Hall–Kier alpha value is -3.53. The summed E-state index contributed by atoms with van der Waals surface area (Å²) in [4.78, 5) is 7.79. The molecule has 0 aliphatic carbocycles. The molecule has 3 aromatic carbocycles. The third-order valence-corrected chi connectivity index (χ3v) is 3.86. The van der Waals surface area contributed by atoms with Crippen molar-refractivity contribution >= 4 is 34.2 Å². The maximum atomic E-state index is 4.54. The maximum Gasteiger partial charge on any atom is 0.0858 e. The summed E-state index contributed by atoms with van der Waals surface area (Å²) in [5, 5.41) is 9.61.